The second-order valence-corrected chi connectivity index (χ2v) is 12.4. The molecule has 170 valence electrons. The molecule has 0 saturated heterocycles. The maximum atomic E-state index is 10.2. The lowest BCUT2D eigenvalue weighted by Gasteiger charge is -2.58. The quantitative estimate of drug-likeness (QED) is 0.454. The lowest BCUT2D eigenvalue weighted by atomic mass is 9.47. The molecule has 1 nitrogen and oxygen atoms in total. The first kappa shape index (κ1) is 22.6. The van der Waals surface area contributed by atoms with Crippen LogP contribution in [0.1, 0.15) is 106 Å². The van der Waals surface area contributed by atoms with Crippen LogP contribution in [0.5, 0.6) is 0 Å². The van der Waals surface area contributed by atoms with Crippen molar-refractivity contribution in [2.75, 3.05) is 0 Å². The van der Waals surface area contributed by atoms with Gasteiger partial charge in [-0.15, -0.1) is 0 Å². The van der Waals surface area contributed by atoms with Crippen LogP contribution in [0.25, 0.3) is 0 Å². The molecule has 4 rings (SSSR count). The average Bonchev–Trinajstić information content (AvgIpc) is 3.06. The van der Waals surface area contributed by atoms with Crippen LogP contribution in [0.4, 0.5) is 0 Å². The van der Waals surface area contributed by atoms with Gasteiger partial charge >= 0.3 is 0 Å². The monoisotopic (exact) mass is 412 g/mol. The van der Waals surface area contributed by atoms with E-state index in [0.29, 0.717) is 16.7 Å². The van der Waals surface area contributed by atoms with Crippen LogP contribution in [0.3, 0.4) is 0 Å². The Balaban J connectivity index is 1.49. The Morgan fingerprint density at radius 2 is 1.87 bits per heavy atom. The van der Waals surface area contributed by atoms with E-state index >= 15 is 0 Å². The van der Waals surface area contributed by atoms with E-state index in [9.17, 15) is 5.11 Å². The van der Waals surface area contributed by atoms with Crippen LogP contribution >= 0.6 is 0 Å². The fourth-order valence-electron chi connectivity index (χ4n) is 8.98. The van der Waals surface area contributed by atoms with E-state index < -0.39 is 0 Å². The Morgan fingerprint density at radius 3 is 2.57 bits per heavy atom. The highest BCUT2D eigenvalue weighted by atomic mass is 16.3. The van der Waals surface area contributed by atoms with E-state index in [4.69, 9.17) is 0 Å². The lowest BCUT2D eigenvalue weighted by Crippen LogP contribution is -2.50. The molecule has 1 N–H and O–H groups in total. The SMILES string of the molecule is CC=C(CCC(C)C1CC[C@@H]2[C@H]3CC=C4CC(O)CC[C@]4(C)[C@H]3CC[C@]12C)C(C)C. The van der Waals surface area contributed by atoms with Crippen molar-refractivity contribution >= 4 is 0 Å². The maximum absolute atomic E-state index is 10.2. The molecule has 30 heavy (non-hydrogen) atoms. The molecule has 0 aliphatic heterocycles. The summed E-state index contributed by atoms with van der Waals surface area (Å²) in [6.07, 6.45) is 17.8. The van der Waals surface area contributed by atoms with Crippen molar-refractivity contribution in [2.45, 2.75) is 112 Å². The fraction of sp³-hybridized carbons (Fsp3) is 0.862. The first-order valence-corrected chi connectivity index (χ1v) is 13.2. The third-order valence-electron chi connectivity index (χ3n) is 10.8. The first-order chi connectivity index (χ1) is 14.2. The van der Waals surface area contributed by atoms with Gasteiger partial charge in [0, 0.05) is 0 Å². The average molecular weight is 413 g/mol. The topological polar surface area (TPSA) is 20.2 Å². The number of hydrogen-bond donors (Lipinski definition) is 1. The summed E-state index contributed by atoms with van der Waals surface area (Å²) in [5.41, 5.74) is 4.21. The molecule has 0 bridgehead atoms. The van der Waals surface area contributed by atoms with Crippen LogP contribution in [0.2, 0.25) is 0 Å². The Hall–Kier alpha value is -0.560. The lowest BCUT2D eigenvalue weighted by molar-refractivity contribution is -0.0571. The molecule has 4 aliphatic carbocycles. The Labute approximate surface area is 186 Å². The van der Waals surface area contributed by atoms with Gasteiger partial charge in [-0.05, 0) is 117 Å². The van der Waals surface area contributed by atoms with E-state index in [-0.39, 0.29) is 6.10 Å². The highest BCUT2D eigenvalue weighted by Gasteiger charge is 2.59. The van der Waals surface area contributed by atoms with Crippen LogP contribution in [0.15, 0.2) is 23.3 Å². The highest BCUT2D eigenvalue weighted by Crippen LogP contribution is 2.67. The number of rotatable bonds is 5. The summed E-state index contributed by atoms with van der Waals surface area (Å²) in [5, 5.41) is 10.2. The van der Waals surface area contributed by atoms with Crippen molar-refractivity contribution in [2.24, 2.45) is 46.3 Å². The number of hydrogen-bond acceptors (Lipinski definition) is 1. The number of aliphatic hydroxyl groups is 1. The van der Waals surface area contributed by atoms with Crippen molar-refractivity contribution in [3.63, 3.8) is 0 Å². The molecule has 0 heterocycles. The molecule has 3 unspecified atom stereocenters. The van der Waals surface area contributed by atoms with Gasteiger partial charge in [-0.3, -0.25) is 0 Å². The van der Waals surface area contributed by atoms with Gasteiger partial charge in [0.25, 0.3) is 0 Å². The highest BCUT2D eigenvalue weighted by molar-refractivity contribution is 5.25. The molecule has 0 aromatic rings. The minimum Gasteiger partial charge on any atom is -0.393 e. The van der Waals surface area contributed by atoms with Crippen molar-refractivity contribution < 1.29 is 5.11 Å². The van der Waals surface area contributed by atoms with Gasteiger partial charge in [0.15, 0.2) is 0 Å². The van der Waals surface area contributed by atoms with E-state index in [1.54, 1.807) is 11.1 Å². The van der Waals surface area contributed by atoms with E-state index in [1.165, 1.54) is 51.4 Å². The number of allylic oxidation sites excluding steroid dienone is 3. The maximum Gasteiger partial charge on any atom is 0.0577 e. The zero-order valence-corrected chi connectivity index (χ0v) is 20.7. The van der Waals surface area contributed by atoms with Gasteiger partial charge in [-0.1, -0.05) is 57.9 Å². The third-order valence-corrected chi connectivity index (χ3v) is 10.8. The predicted octanol–water partition coefficient (Wildman–Crippen LogP) is 7.94. The van der Waals surface area contributed by atoms with Gasteiger partial charge in [-0.25, -0.2) is 0 Å². The molecule has 8 atom stereocenters. The molecule has 3 fully saturated rings. The van der Waals surface area contributed by atoms with E-state index in [0.717, 1.165) is 42.4 Å². The normalized spacial score (nSPS) is 44.9. The van der Waals surface area contributed by atoms with Gasteiger partial charge in [0.05, 0.1) is 6.10 Å². The fourth-order valence-corrected chi connectivity index (χ4v) is 8.98. The second-order valence-electron chi connectivity index (χ2n) is 12.4. The molecule has 4 aliphatic rings. The summed E-state index contributed by atoms with van der Waals surface area (Å²) in [6, 6.07) is 0. The summed E-state index contributed by atoms with van der Waals surface area (Å²) in [7, 11) is 0. The largest absolute Gasteiger partial charge is 0.393 e. The molecular formula is C29H48O. The number of fused-ring (bicyclic) bond motifs is 5. The van der Waals surface area contributed by atoms with Gasteiger partial charge in [-0.2, -0.15) is 0 Å². The van der Waals surface area contributed by atoms with Gasteiger partial charge in [0.1, 0.15) is 0 Å². The van der Waals surface area contributed by atoms with E-state index in [1.807, 2.05) is 0 Å². The minimum atomic E-state index is -0.0839. The summed E-state index contributed by atoms with van der Waals surface area (Å²) in [6.45, 7) is 14.7. The Morgan fingerprint density at radius 1 is 1.10 bits per heavy atom. The van der Waals surface area contributed by atoms with E-state index in [2.05, 4.69) is 53.7 Å². The molecule has 0 aromatic heterocycles. The summed E-state index contributed by atoms with van der Waals surface area (Å²) in [5.74, 6) is 5.15. The van der Waals surface area contributed by atoms with Gasteiger partial charge in [0.2, 0.25) is 0 Å². The van der Waals surface area contributed by atoms with Crippen LogP contribution in [0, 0.1) is 46.3 Å². The zero-order chi connectivity index (χ0) is 21.7. The Bertz CT molecular complexity index is 686. The summed E-state index contributed by atoms with van der Waals surface area (Å²) in [4.78, 5) is 0. The summed E-state index contributed by atoms with van der Waals surface area (Å²) < 4.78 is 0. The van der Waals surface area contributed by atoms with Crippen molar-refractivity contribution in [3.05, 3.63) is 23.3 Å². The van der Waals surface area contributed by atoms with Gasteiger partial charge < -0.3 is 5.11 Å². The Kier molecular flexibility index (Phi) is 6.35. The summed E-state index contributed by atoms with van der Waals surface area (Å²) >= 11 is 0. The van der Waals surface area contributed by atoms with Crippen LogP contribution in [-0.2, 0) is 0 Å². The molecule has 3 saturated carbocycles. The molecule has 0 radical (unpaired) electrons. The van der Waals surface area contributed by atoms with Crippen molar-refractivity contribution in [1.82, 2.24) is 0 Å². The molecular weight excluding hydrogens is 364 g/mol. The molecule has 1 heteroatoms. The smallest absolute Gasteiger partial charge is 0.0577 e. The molecule has 0 spiro atoms. The zero-order valence-electron chi connectivity index (χ0n) is 20.7. The second kappa shape index (κ2) is 8.42. The first-order valence-electron chi connectivity index (χ1n) is 13.2. The molecule has 0 aromatic carbocycles. The predicted molar refractivity (Wildman–Crippen MR) is 128 cm³/mol. The molecule has 0 amide bonds. The minimum absolute atomic E-state index is 0.0839. The standard InChI is InChI=1S/C29H48O/c1-7-21(19(2)3)9-8-20(4)25-12-13-26-24-11-10-22-18-23(30)14-16-28(22,5)27(24)15-17-29(25,26)6/h7,10,19-20,23-27,30H,8-9,11-18H2,1-6H3/t20?,23?,24-,25?,26-,27+,28+,29-/m1/s1. The van der Waals surface area contributed by atoms with Crippen LogP contribution in [-0.4, -0.2) is 11.2 Å². The van der Waals surface area contributed by atoms with Crippen molar-refractivity contribution in [3.8, 4) is 0 Å². The number of aliphatic hydroxyl groups excluding tert-OH is 1. The van der Waals surface area contributed by atoms with Crippen LogP contribution < -0.4 is 0 Å². The third kappa shape index (κ3) is 3.66. The van der Waals surface area contributed by atoms with Crippen molar-refractivity contribution in [1.29, 1.82) is 0 Å².